The summed E-state index contributed by atoms with van der Waals surface area (Å²) in [5.41, 5.74) is 3.16. The van der Waals surface area contributed by atoms with Gasteiger partial charge in [-0.2, -0.15) is 5.48 Å². The van der Waals surface area contributed by atoms with Crippen LogP contribution < -0.4 is 5.48 Å². The van der Waals surface area contributed by atoms with Crippen molar-refractivity contribution >= 4 is 5.91 Å². The molecule has 1 saturated carbocycles. The molecular formula is C18H32N2O2. The number of unbranched alkanes of at least 4 members (excludes halogenated alkanes) is 1. The lowest BCUT2D eigenvalue weighted by Crippen LogP contribution is -2.43. The van der Waals surface area contributed by atoms with Gasteiger partial charge in [0, 0.05) is 19.0 Å². The molecule has 4 heteroatoms. The number of nitrogens with zero attached hydrogens (tertiary/aromatic N) is 1. The van der Waals surface area contributed by atoms with Crippen molar-refractivity contribution in [2.24, 2.45) is 5.92 Å². The lowest BCUT2D eigenvalue weighted by Gasteiger charge is -2.29. The second kappa shape index (κ2) is 9.31. The lowest BCUT2D eigenvalue weighted by molar-refractivity contribution is -0.154. The van der Waals surface area contributed by atoms with E-state index in [-0.39, 0.29) is 12.1 Å². The zero-order chi connectivity index (χ0) is 15.8. The molecule has 1 heterocycles. The molecule has 2 rings (SSSR count). The van der Waals surface area contributed by atoms with Crippen LogP contribution in [0.1, 0.15) is 71.6 Å². The average molecular weight is 308 g/mol. The number of rotatable bonds is 3. The Morgan fingerprint density at radius 1 is 1.32 bits per heavy atom. The number of fused-ring (bicyclic) bond motifs is 1. The largest absolute Gasteiger partial charge is 0.315 e. The van der Waals surface area contributed by atoms with Gasteiger partial charge < -0.3 is 4.90 Å². The predicted molar refractivity (Wildman–Crippen MR) is 89.0 cm³/mol. The van der Waals surface area contributed by atoms with Crippen molar-refractivity contribution in [3.8, 4) is 0 Å². The first-order valence-electron chi connectivity index (χ1n) is 9.09. The van der Waals surface area contributed by atoms with Crippen LogP contribution in [0.3, 0.4) is 0 Å². The highest BCUT2D eigenvalue weighted by Crippen LogP contribution is 2.32. The molecule has 22 heavy (non-hydrogen) atoms. The molecule has 1 aliphatic heterocycles. The number of amides is 1. The van der Waals surface area contributed by atoms with Crippen molar-refractivity contribution in [2.45, 2.75) is 83.9 Å². The van der Waals surface area contributed by atoms with Gasteiger partial charge in [0.05, 0.1) is 0 Å². The lowest BCUT2D eigenvalue weighted by atomic mass is 10.1. The molecular weight excluding hydrogens is 276 g/mol. The summed E-state index contributed by atoms with van der Waals surface area (Å²) < 4.78 is 0. The van der Waals surface area contributed by atoms with Gasteiger partial charge in [-0.15, -0.1) is 0 Å². The van der Waals surface area contributed by atoms with E-state index in [1.807, 2.05) is 11.8 Å². The Hall–Kier alpha value is -0.870. The van der Waals surface area contributed by atoms with E-state index in [1.54, 1.807) is 0 Å². The molecule has 126 valence electrons. The van der Waals surface area contributed by atoms with Crippen molar-refractivity contribution in [1.29, 1.82) is 0 Å². The number of hydroxylamine groups is 1. The summed E-state index contributed by atoms with van der Waals surface area (Å²) in [6.07, 6.45) is 14.2. The molecule has 0 aromatic rings. The van der Waals surface area contributed by atoms with E-state index in [2.05, 4.69) is 24.6 Å². The first kappa shape index (κ1) is 17.5. The van der Waals surface area contributed by atoms with Gasteiger partial charge in [-0.3, -0.25) is 9.63 Å². The van der Waals surface area contributed by atoms with E-state index in [4.69, 9.17) is 4.84 Å². The molecule has 1 N–H and O–H groups in total. The maximum atomic E-state index is 12.5. The van der Waals surface area contributed by atoms with Gasteiger partial charge in [0.25, 0.3) is 0 Å². The summed E-state index contributed by atoms with van der Waals surface area (Å²) in [5, 5.41) is 0. The van der Waals surface area contributed by atoms with Crippen LogP contribution in [0.5, 0.6) is 0 Å². The van der Waals surface area contributed by atoms with Crippen molar-refractivity contribution in [3.05, 3.63) is 12.2 Å². The molecule has 1 aliphatic carbocycles. The first-order chi connectivity index (χ1) is 10.7. The maximum Gasteiger partial charge on any atom is 0.224 e. The van der Waals surface area contributed by atoms with Gasteiger partial charge in [-0.25, -0.2) is 0 Å². The molecule has 0 aromatic heterocycles. The SMILES string of the molecule is CCCCN1C(=O)CCCCCC/C=C\[C@@H]2CC2NOC1C. The van der Waals surface area contributed by atoms with E-state index >= 15 is 0 Å². The molecule has 3 atom stereocenters. The maximum absolute atomic E-state index is 12.5. The molecule has 0 saturated heterocycles. The quantitative estimate of drug-likeness (QED) is 0.807. The number of carbonyl (C=O) groups is 1. The summed E-state index contributed by atoms with van der Waals surface area (Å²) in [4.78, 5) is 20.1. The third kappa shape index (κ3) is 5.73. The van der Waals surface area contributed by atoms with E-state index in [0.717, 1.165) is 45.1 Å². The predicted octanol–water partition coefficient (Wildman–Crippen LogP) is 3.78. The van der Waals surface area contributed by atoms with Crippen molar-refractivity contribution in [1.82, 2.24) is 10.4 Å². The van der Waals surface area contributed by atoms with Gasteiger partial charge in [-0.05, 0) is 44.9 Å². The first-order valence-corrected chi connectivity index (χ1v) is 9.09. The summed E-state index contributed by atoms with van der Waals surface area (Å²) in [6, 6.07) is 0.423. The van der Waals surface area contributed by atoms with Gasteiger partial charge >= 0.3 is 0 Å². The molecule has 2 aliphatic rings. The Bertz CT molecular complexity index is 370. The monoisotopic (exact) mass is 308 g/mol. The number of carbonyl (C=O) groups excluding carboxylic acids is 1. The van der Waals surface area contributed by atoms with Crippen LogP contribution in [0, 0.1) is 5.92 Å². The van der Waals surface area contributed by atoms with Crippen molar-refractivity contribution < 1.29 is 9.63 Å². The summed E-state index contributed by atoms with van der Waals surface area (Å²) in [6.45, 7) is 4.93. The third-order valence-corrected chi connectivity index (χ3v) is 4.64. The van der Waals surface area contributed by atoms with Gasteiger partial charge in [-0.1, -0.05) is 38.3 Å². The van der Waals surface area contributed by atoms with Crippen LogP contribution in [0.15, 0.2) is 12.2 Å². The molecule has 0 radical (unpaired) electrons. The topological polar surface area (TPSA) is 41.6 Å². The van der Waals surface area contributed by atoms with E-state index in [1.165, 1.54) is 12.8 Å². The van der Waals surface area contributed by atoms with Gasteiger partial charge in [0.15, 0.2) is 0 Å². The van der Waals surface area contributed by atoms with Crippen molar-refractivity contribution in [2.75, 3.05) is 6.54 Å². The minimum atomic E-state index is -0.186. The second-order valence-electron chi connectivity index (χ2n) is 6.66. The van der Waals surface area contributed by atoms with Crippen LogP contribution in [0.25, 0.3) is 0 Å². The number of nitrogens with one attached hydrogen (secondary N) is 1. The zero-order valence-corrected chi connectivity index (χ0v) is 14.2. The smallest absolute Gasteiger partial charge is 0.224 e. The molecule has 2 unspecified atom stereocenters. The normalized spacial score (nSPS) is 32.7. The Kier molecular flexibility index (Phi) is 7.40. The fraction of sp³-hybridized carbons (Fsp3) is 0.833. The summed E-state index contributed by atoms with van der Waals surface area (Å²) in [7, 11) is 0. The Morgan fingerprint density at radius 3 is 2.95 bits per heavy atom. The van der Waals surface area contributed by atoms with Crippen LogP contribution in [-0.2, 0) is 9.63 Å². The van der Waals surface area contributed by atoms with Crippen molar-refractivity contribution in [3.63, 3.8) is 0 Å². The molecule has 4 nitrogen and oxygen atoms in total. The Labute approximate surface area is 135 Å². The molecule has 0 bridgehead atoms. The zero-order valence-electron chi connectivity index (χ0n) is 14.2. The summed E-state index contributed by atoms with van der Waals surface area (Å²) in [5.74, 6) is 0.847. The minimum Gasteiger partial charge on any atom is -0.315 e. The fourth-order valence-electron chi connectivity index (χ4n) is 2.96. The molecule has 0 aromatic carbocycles. The van der Waals surface area contributed by atoms with E-state index in [9.17, 15) is 4.79 Å². The van der Waals surface area contributed by atoms with E-state index < -0.39 is 0 Å². The van der Waals surface area contributed by atoms with E-state index in [0.29, 0.717) is 18.4 Å². The number of allylic oxidation sites excluding steroid dienone is 1. The van der Waals surface area contributed by atoms with Crippen LogP contribution in [0.4, 0.5) is 0 Å². The van der Waals surface area contributed by atoms with Gasteiger partial charge in [0.2, 0.25) is 5.91 Å². The highest BCUT2D eigenvalue weighted by Gasteiger charge is 2.35. The fourth-order valence-corrected chi connectivity index (χ4v) is 2.96. The highest BCUT2D eigenvalue weighted by atomic mass is 16.7. The standard InChI is InChI=1S/C18H32N2O2/c1-3-4-13-20-15(2)22-19-17-14-16(17)11-9-7-5-6-8-10-12-18(20)21/h9,11,15-17,19H,3-8,10,12-14H2,1-2H3/b11-9-/t15?,16-,17?/m1/s1. The molecule has 1 fully saturated rings. The Morgan fingerprint density at radius 2 is 2.14 bits per heavy atom. The average Bonchev–Trinajstić information content (AvgIpc) is 3.25. The third-order valence-electron chi connectivity index (χ3n) is 4.64. The summed E-state index contributed by atoms with van der Waals surface area (Å²) >= 11 is 0. The van der Waals surface area contributed by atoms with Crippen LogP contribution in [0.2, 0.25) is 0 Å². The number of hydrogen-bond acceptors (Lipinski definition) is 3. The highest BCUT2D eigenvalue weighted by molar-refractivity contribution is 5.76. The van der Waals surface area contributed by atoms with Gasteiger partial charge in [0.1, 0.15) is 6.23 Å². The Balaban J connectivity index is 1.91. The molecule has 0 spiro atoms. The minimum absolute atomic E-state index is 0.186. The van der Waals surface area contributed by atoms with Crippen LogP contribution >= 0.6 is 0 Å². The number of hydrogen-bond donors (Lipinski definition) is 1. The second-order valence-corrected chi connectivity index (χ2v) is 6.66. The molecule has 1 amide bonds. The van der Waals surface area contributed by atoms with Crippen LogP contribution in [-0.4, -0.2) is 29.6 Å².